The molecule has 1 aromatic rings. The second-order valence-corrected chi connectivity index (χ2v) is 9.73. The summed E-state index contributed by atoms with van der Waals surface area (Å²) in [5.74, 6) is -1.49. The van der Waals surface area contributed by atoms with E-state index in [-0.39, 0.29) is 31.0 Å². The predicted molar refractivity (Wildman–Crippen MR) is 137 cm³/mol. The highest BCUT2D eigenvalue weighted by molar-refractivity contribution is 5.92. The fourth-order valence-corrected chi connectivity index (χ4v) is 3.50. The molecule has 0 aliphatic carbocycles. The van der Waals surface area contributed by atoms with Crippen LogP contribution in [0.1, 0.15) is 84.7 Å². The van der Waals surface area contributed by atoms with Crippen LogP contribution in [0.25, 0.3) is 0 Å². The van der Waals surface area contributed by atoms with Gasteiger partial charge in [0.05, 0.1) is 0 Å². The summed E-state index contributed by atoms with van der Waals surface area (Å²) in [6.45, 7) is 9.74. The van der Waals surface area contributed by atoms with Gasteiger partial charge in [-0.3, -0.25) is 14.4 Å². The fraction of sp³-hybridized carbons (Fsp3) is 0.615. The van der Waals surface area contributed by atoms with Crippen LogP contribution in [0.3, 0.4) is 0 Å². The van der Waals surface area contributed by atoms with Crippen molar-refractivity contribution < 1.29 is 29.0 Å². The van der Waals surface area contributed by atoms with Gasteiger partial charge in [-0.15, -0.1) is 0 Å². The minimum atomic E-state index is -1.13. The monoisotopic (exact) mass is 506 g/mol. The second kappa shape index (κ2) is 15.0. The third-order valence-electron chi connectivity index (χ3n) is 5.30. The van der Waals surface area contributed by atoms with Crippen LogP contribution in [0.2, 0.25) is 0 Å². The van der Waals surface area contributed by atoms with Gasteiger partial charge in [0, 0.05) is 19.5 Å². The summed E-state index contributed by atoms with van der Waals surface area (Å²) < 4.78 is 5.31. The van der Waals surface area contributed by atoms with Crippen LogP contribution in [0.15, 0.2) is 24.3 Å². The quantitative estimate of drug-likeness (QED) is 0.285. The summed E-state index contributed by atoms with van der Waals surface area (Å²) >= 11 is 0. The third kappa shape index (κ3) is 11.0. The fourth-order valence-electron chi connectivity index (χ4n) is 3.50. The van der Waals surface area contributed by atoms with Gasteiger partial charge in [0.2, 0.25) is 17.7 Å². The van der Waals surface area contributed by atoms with E-state index in [0.717, 1.165) is 19.3 Å². The van der Waals surface area contributed by atoms with Crippen LogP contribution in [0, 0.1) is 0 Å². The molecule has 10 heteroatoms. The molecule has 202 valence electrons. The first kappa shape index (κ1) is 30.7. The molecule has 0 saturated carbocycles. The molecular weight excluding hydrogens is 464 g/mol. The summed E-state index contributed by atoms with van der Waals surface area (Å²) in [7, 11) is 0. The van der Waals surface area contributed by atoms with Gasteiger partial charge < -0.3 is 31.1 Å². The molecular formula is C26H42N4O6. The zero-order chi connectivity index (χ0) is 27.3. The number of aromatic hydroxyl groups is 1. The summed E-state index contributed by atoms with van der Waals surface area (Å²) in [6.07, 6.45) is 2.04. The number of amides is 4. The maximum Gasteiger partial charge on any atom is 0.408 e. The summed E-state index contributed by atoms with van der Waals surface area (Å²) in [5, 5.41) is 15.2. The molecule has 2 unspecified atom stereocenters. The molecule has 0 heterocycles. The van der Waals surface area contributed by atoms with Gasteiger partial charge in [-0.05, 0) is 57.7 Å². The number of hydrogen-bond donors (Lipinski definition) is 4. The van der Waals surface area contributed by atoms with Gasteiger partial charge in [0.1, 0.15) is 23.4 Å². The number of primary amides is 1. The van der Waals surface area contributed by atoms with Crippen molar-refractivity contribution in [1.82, 2.24) is 15.5 Å². The van der Waals surface area contributed by atoms with E-state index in [9.17, 15) is 24.3 Å². The number of phenolic OH excluding ortho intramolecular Hbond substituents is 1. The largest absolute Gasteiger partial charge is 0.508 e. The zero-order valence-corrected chi connectivity index (χ0v) is 22.1. The second-order valence-electron chi connectivity index (χ2n) is 9.73. The number of hydrogen-bond acceptors (Lipinski definition) is 6. The van der Waals surface area contributed by atoms with E-state index in [1.165, 1.54) is 17.0 Å². The van der Waals surface area contributed by atoms with Crippen molar-refractivity contribution in [1.29, 1.82) is 0 Å². The van der Waals surface area contributed by atoms with Gasteiger partial charge >= 0.3 is 6.09 Å². The Hall–Kier alpha value is -3.30. The van der Waals surface area contributed by atoms with Crippen molar-refractivity contribution >= 4 is 23.8 Å². The Bertz CT molecular complexity index is 866. The smallest absolute Gasteiger partial charge is 0.408 e. The number of nitrogens with one attached hydrogen (secondary N) is 2. The van der Waals surface area contributed by atoms with Gasteiger partial charge in [-0.1, -0.05) is 38.8 Å². The zero-order valence-electron chi connectivity index (χ0n) is 22.1. The average molecular weight is 507 g/mol. The number of carbonyl (C=O) groups is 4. The van der Waals surface area contributed by atoms with E-state index < -0.39 is 35.6 Å². The molecule has 0 spiro atoms. The Labute approximate surface area is 213 Å². The van der Waals surface area contributed by atoms with Crippen molar-refractivity contribution in [2.75, 3.05) is 13.1 Å². The van der Waals surface area contributed by atoms with Crippen molar-refractivity contribution in [3.8, 4) is 5.75 Å². The minimum absolute atomic E-state index is 0.0289. The molecule has 5 N–H and O–H groups in total. The summed E-state index contributed by atoms with van der Waals surface area (Å²) in [4.78, 5) is 52.6. The molecule has 0 bridgehead atoms. The van der Waals surface area contributed by atoms with Crippen molar-refractivity contribution in [2.45, 2.75) is 90.8 Å². The lowest BCUT2D eigenvalue weighted by Gasteiger charge is -2.34. The Kier molecular flexibility index (Phi) is 12.8. The molecule has 0 aliphatic rings. The lowest BCUT2D eigenvalue weighted by Crippen LogP contribution is -2.53. The van der Waals surface area contributed by atoms with E-state index in [0.29, 0.717) is 18.5 Å². The highest BCUT2D eigenvalue weighted by Gasteiger charge is 2.36. The number of carbonyl (C=O) groups excluding carboxylic acids is 4. The number of rotatable bonds is 14. The van der Waals surface area contributed by atoms with E-state index in [1.807, 2.05) is 13.8 Å². The number of phenols is 1. The topological polar surface area (TPSA) is 151 Å². The minimum Gasteiger partial charge on any atom is -0.508 e. The van der Waals surface area contributed by atoms with E-state index in [4.69, 9.17) is 10.5 Å². The SMILES string of the molecule is CCCCNC(=O)C(c1ccc(O)cc1)N(CCCC)C(=O)C(CCC(N)=O)NC(=O)OC(C)(C)C. The van der Waals surface area contributed by atoms with Crippen LogP contribution in [-0.4, -0.2) is 58.6 Å². The van der Waals surface area contributed by atoms with Crippen LogP contribution in [-0.2, 0) is 19.1 Å². The van der Waals surface area contributed by atoms with Crippen LogP contribution >= 0.6 is 0 Å². The van der Waals surface area contributed by atoms with Crippen molar-refractivity contribution in [3.05, 3.63) is 29.8 Å². The van der Waals surface area contributed by atoms with Crippen LogP contribution < -0.4 is 16.4 Å². The number of ether oxygens (including phenoxy) is 1. The lowest BCUT2D eigenvalue weighted by atomic mass is 10.0. The Morgan fingerprint density at radius 1 is 1.06 bits per heavy atom. The molecule has 0 saturated heterocycles. The highest BCUT2D eigenvalue weighted by atomic mass is 16.6. The van der Waals surface area contributed by atoms with Crippen LogP contribution in [0.5, 0.6) is 5.75 Å². The van der Waals surface area contributed by atoms with Crippen molar-refractivity contribution in [3.63, 3.8) is 0 Å². The third-order valence-corrected chi connectivity index (χ3v) is 5.30. The molecule has 10 nitrogen and oxygen atoms in total. The molecule has 0 aliphatic heterocycles. The molecule has 1 aromatic carbocycles. The molecule has 0 aromatic heterocycles. The highest BCUT2D eigenvalue weighted by Crippen LogP contribution is 2.25. The molecule has 0 fully saturated rings. The molecule has 2 atom stereocenters. The molecule has 0 radical (unpaired) electrons. The van der Waals surface area contributed by atoms with Gasteiger partial charge in [0.25, 0.3) is 0 Å². The first-order valence-electron chi connectivity index (χ1n) is 12.5. The number of benzene rings is 1. The maximum atomic E-state index is 13.9. The number of unbranched alkanes of at least 4 members (excludes halogenated alkanes) is 2. The predicted octanol–water partition coefficient (Wildman–Crippen LogP) is 3.14. The average Bonchev–Trinajstić information content (AvgIpc) is 2.78. The standard InChI is InChI=1S/C26H42N4O6/c1-6-8-16-28-23(33)22(18-10-12-19(31)13-11-18)30(17-9-7-2)24(34)20(14-15-21(27)32)29-25(35)36-26(3,4)5/h10-13,20,22,31H,6-9,14-17H2,1-5H3,(H2,27,32)(H,28,33)(H,29,35). The Morgan fingerprint density at radius 2 is 1.67 bits per heavy atom. The van der Waals surface area contributed by atoms with E-state index in [1.54, 1.807) is 32.9 Å². The first-order valence-corrected chi connectivity index (χ1v) is 12.5. The number of alkyl carbamates (subject to hydrolysis) is 1. The summed E-state index contributed by atoms with van der Waals surface area (Å²) in [5.41, 5.74) is 5.03. The number of nitrogens with two attached hydrogens (primary N) is 1. The Balaban J connectivity index is 3.41. The lowest BCUT2D eigenvalue weighted by molar-refractivity contribution is -0.142. The van der Waals surface area contributed by atoms with Crippen molar-refractivity contribution in [2.24, 2.45) is 5.73 Å². The molecule has 36 heavy (non-hydrogen) atoms. The summed E-state index contributed by atoms with van der Waals surface area (Å²) in [6, 6.07) is 3.95. The molecule has 4 amide bonds. The van der Waals surface area contributed by atoms with E-state index in [2.05, 4.69) is 10.6 Å². The maximum absolute atomic E-state index is 13.9. The van der Waals surface area contributed by atoms with Gasteiger partial charge in [0.15, 0.2) is 0 Å². The van der Waals surface area contributed by atoms with E-state index >= 15 is 0 Å². The number of nitrogens with zero attached hydrogens (tertiary/aromatic N) is 1. The van der Waals surface area contributed by atoms with Gasteiger partial charge in [-0.25, -0.2) is 4.79 Å². The molecule has 1 rings (SSSR count). The first-order chi connectivity index (χ1) is 16.9. The normalized spacial score (nSPS) is 12.8. The Morgan fingerprint density at radius 3 is 2.19 bits per heavy atom. The van der Waals surface area contributed by atoms with Crippen LogP contribution in [0.4, 0.5) is 4.79 Å². The van der Waals surface area contributed by atoms with Gasteiger partial charge in [-0.2, -0.15) is 0 Å².